The summed E-state index contributed by atoms with van der Waals surface area (Å²) in [5.41, 5.74) is 2.31. The number of ketones is 1. The minimum atomic E-state index is -3.55. The molecule has 0 radical (unpaired) electrons. The van der Waals surface area contributed by atoms with Crippen LogP contribution in [-0.4, -0.2) is 50.7 Å². The molecule has 1 aliphatic rings. The van der Waals surface area contributed by atoms with Crippen LogP contribution in [-0.2, 0) is 21.3 Å². The summed E-state index contributed by atoms with van der Waals surface area (Å²) in [6.45, 7) is 1.72. The largest absolute Gasteiger partial charge is 0.379 e. The van der Waals surface area contributed by atoms with Gasteiger partial charge in [0.15, 0.2) is 5.78 Å². The Hall–Kier alpha value is -3.33. The van der Waals surface area contributed by atoms with Crippen molar-refractivity contribution in [2.24, 2.45) is 0 Å². The molecule has 0 unspecified atom stereocenters. The van der Waals surface area contributed by atoms with E-state index in [1.54, 1.807) is 72.8 Å². The fourth-order valence-corrected chi connectivity index (χ4v) is 4.94. The number of sulfonamides is 1. The van der Waals surface area contributed by atoms with Crippen LogP contribution in [0, 0.1) is 0 Å². The molecular weight excluding hydrogens is 440 g/mol. The zero-order chi connectivity index (χ0) is 23.3. The molecule has 8 heteroatoms. The van der Waals surface area contributed by atoms with Gasteiger partial charge in [0, 0.05) is 36.3 Å². The standard InChI is InChI=1S/C25H24N2O5S/c28-24(20-4-2-1-3-5-20)21-8-10-22(11-9-21)25(29)26-18-19-6-12-23(13-7-19)33(30,31)27-14-16-32-17-15-27/h1-13H,14-18H2,(H,26,29). The molecule has 0 spiro atoms. The maximum absolute atomic E-state index is 12.7. The molecular formula is C25H24N2O5S. The molecule has 170 valence electrons. The summed E-state index contributed by atoms with van der Waals surface area (Å²) in [6.07, 6.45) is 0. The number of rotatable bonds is 7. The van der Waals surface area contributed by atoms with Gasteiger partial charge in [0.1, 0.15) is 0 Å². The molecule has 1 N–H and O–H groups in total. The lowest BCUT2D eigenvalue weighted by Crippen LogP contribution is -2.40. The van der Waals surface area contributed by atoms with Gasteiger partial charge in [-0.05, 0) is 29.8 Å². The van der Waals surface area contributed by atoms with E-state index in [9.17, 15) is 18.0 Å². The van der Waals surface area contributed by atoms with Crippen LogP contribution in [0.25, 0.3) is 0 Å². The molecule has 3 aromatic carbocycles. The van der Waals surface area contributed by atoms with Gasteiger partial charge >= 0.3 is 0 Å². The van der Waals surface area contributed by atoms with Crippen molar-refractivity contribution in [3.05, 3.63) is 101 Å². The summed E-state index contributed by atoms with van der Waals surface area (Å²) in [5.74, 6) is -0.381. The molecule has 1 saturated heterocycles. The highest BCUT2D eigenvalue weighted by molar-refractivity contribution is 7.89. The van der Waals surface area contributed by atoms with E-state index in [2.05, 4.69) is 5.32 Å². The zero-order valence-corrected chi connectivity index (χ0v) is 18.8. The highest BCUT2D eigenvalue weighted by Crippen LogP contribution is 2.18. The molecule has 1 heterocycles. The monoisotopic (exact) mass is 464 g/mol. The van der Waals surface area contributed by atoms with Crippen molar-refractivity contribution in [2.45, 2.75) is 11.4 Å². The van der Waals surface area contributed by atoms with Crippen LogP contribution in [0.15, 0.2) is 83.8 Å². The number of amides is 1. The number of morpholine rings is 1. The van der Waals surface area contributed by atoms with Crippen LogP contribution in [0.3, 0.4) is 0 Å². The van der Waals surface area contributed by atoms with Crippen LogP contribution >= 0.6 is 0 Å². The Labute approximate surface area is 193 Å². The van der Waals surface area contributed by atoms with E-state index in [0.29, 0.717) is 43.0 Å². The highest BCUT2D eigenvalue weighted by Gasteiger charge is 2.26. The minimum Gasteiger partial charge on any atom is -0.379 e. The van der Waals surface area contributed by atoms with Gasteiger partial charge in [-0.2, -0.15) is 4.31 Å². The van der Waals surface area contributed by atoms with Crippen molar-refractivity contribution in [1.29, 1.82) is 0 Å². The molecule has 0 atom stereocenters. The number of nitrogens with one attached hydrogen (secondary N) is 1. The van der Waals surface area contributed by atoms with E-state index < -0.39 is 10.0 Å². The van der Waals surface area contributed by atoms with Gasteiger partial charge < -0.3 is 10.1 Å². The van der Waals surface area contributed by atoms with Crippen LogP contribution in [0.2, 0.25) is 0 Å². The Balaban J connectivity index is 1.35. The Kier molecular flexibility index (Phi) is 6.98. The molecule has 0 bridgehead atoms. The highest BCUT2D eigenvalue weighted by atomic mass is 32.2. The van der Waals surface area contributed by atoms with Crippen LogP contribution < -0.4 is 5.32 Å². The van der Waals surface area contributed by atoms with Gasteiger partial charge in [0.25, 0.3) is 5.91 Å². The molecule has 7 nitrogen and oxygen atoms in total. The fourth-order valence-electron chi connectivity index (χ4n) is 3.53. The predicted octanol–water partition coefficient (Wildman–Crippen LogP) is 2.87. The van der Waals surface area contributed by atoms with Crippen LogP contribution in [0.5, 0.6) is 0 Å². The summed E-state index contributed by atoms with van der Waals surface area (Å²) < 4.78 is 32.0. The molecule has 0 aromatic heterocycles. The lowest BCUT2D eigenvalue weighted by molar-refractivity contribution is 0.0730. The average Bonchev–Trinajstić information content (AvgIpc) is 2.88. The van der Waals surface area contributed by atoms with Gasteiger partial charge in [-0.1, -0.05) is 54.6 Å². The number of hydrogen-bond acceptors (Lipinski definition) is 5. The van der Waals surface area contributed by atoms with Crippen LogP contribution in [0.4, 0.5) is 0 Å². The normalized spacial score (nSPS) is 14.5. The molecule has 1 fully saturated rings. The first-order valence-electron chi connectivity index (χ1n) is 10.6. The number of carbonyl (C=O) groups is 2. The lowest BCUT2D eigenvalue weighted by Gasteiger charge is -2.26. The van der Waals surface area contributed by atoms with Crippen molar-refractivity contribution in [3.8, 4) is 0 Å². The minimum absolute atomic E-state index is 0.102. The van der Waals surface area contributed by atoms with Gasteiger partial charge in [0.2, 0.25) is 10.0 Å². The Morgan fingerprint density at radius 2 is 1.36 bits per heavy atom. The van der Waals surface area contributed by atoms with Gasteiger partial charge in [-0.15, -0.1) is 0 Å². The Bertz CT molecular complexity index is 1220. The topological polar surface area (TPSA) is 92.8 Å². The van der Waals surface area contributed by atoms with Crippen molar-refractivity contribution in [1.82, 2.24) is 9.62 Å². The van der Waals surface area contributed by atoms with E-state index in [0.717, 1.165) is 5.56 Å². The summed E-state index contributed by atoms with van der Waals surface area (Å²) >= 11 is 0. The predicted molar refractivity (Wildman–Crippen MR) is 124 cm³/mol. The van der Waals surface area contributed by atoms with Crippen LogP contribution in [0.1, 0.15) is 31.8 Å². The van der Waals surface area contributed by atoms with Gasteiger partial charge in [-0.25, -0.2) is 8.42 Å². The third-order valence-corrected chi connectivity index (χ3v) is 7.34. The number of carbonyl (C=O) groups excluding carboxylic acids is 2. The second-order valence-corrected chi connectivity index (χ2v) is 9.55. The molecule has 0 aliphatic carbocycles. The van der Waals surface area contributed by atoms with Crippen molar-refractivity contribution < 1.29 is 22.7 Å². The van der Waals surface area contributed by atoms with Gasteiger partial charge in [0.05, 0.1) is 18.1 Å². The fraction of sp³-hybridized carbons (Fsp3) is 0.200. The molecule has 1 amide bonds. The summed E-state index contributed by atoms with van der Waals surface area (Å²) in [5, 5.41) is 2.82. The summed E-state index contributed by atoms with van der Waals surface area (Å²) in [7, 11) is -3.55. The molecule has 3 aromatic rings. The second-order valence-electron chi connectivity index (χ2n) is 7.62. The van der Waals surface area contributed by atoms with E-state index in [1.165, 1.54) is 4.31 Å². The van der Waals surface area contributed by atoms with Crippen molar-refractivity contribution >= 4 is 21.7 Å². The first-order chi connectivity index (χ1) is 15.9. The van der Waals surface area contributed by atoms with E-state index >= 15 is 0 Å². The average molecular weight is 465 g/mol. The zero-order valence-electron chi connectivity index (χ0n) is 17.9. The van der Waals surface area contributed by atoms with Crippen molar-refractivity contribution in [3.63, 3.8) is 0 Å². The maximum atomic E-state index is 12.7. The van der Waals surface area contributed by atoms with E-state index in [1.807, 2.05) is 6.07 Å². The molecule has 1 aliphatic heterocycles. The SMILES string of the molecule is O=C(NCc1ccc(S(=O)(=O)N2CCOCC2)cc1)c1ccc(C(=O)c2ccccc2)cc1. The second kappa shape index (κ2) is 10.1. The third-order valence-electron chi connectivity index (χ3n) is 5.43. The van der Waals surface area contributed by atoms with Crippen molar-refractivity contribution in [2.75, 3.05) is 26.3 Å². The van der Waals surface area contributed by atoms with Gasteiger partial charge in [-0.3, -0.25) is 9.59 Å². The summed E-state index contributed by atoms with van der Waals surface area (Å²) in [4.78, 5) is 25.2. The number of benzene rings is 3. The first-order valence-corrected chi connectivity index (χ1v) is 12.0. The molecule has 0 saturated carbocycles. The quantitative estimate of drug-likeness (QED) is 0.543. The third kappa shape index (κ3) is 5.36. The Morgan fingerprint density at radius 3 is 2.00 bits per heavy atom. The number of ether oxygens (including phenoxy) is 1. The van der Waals surface area contributed by atoms with E-state index in [-0.39, 0.29) is 23.1 Å². The Morgan fingerprint density at radius 1 is 0.788 bits per heavy atom. The van der Waals surface area contributed by atoms with E-state index in [4.69, 9.17) is 4.74 Å². The molecule has 33 heavy (non-hydrogen) atoms. The number of nitrogens with zero attached hydrogens (tertiary/aromatic N) is 1. The summed E-state index contributed by atoms with van der Waals surface area (Å²) in [6, 6.07) is 21.9. The lowest BCUT2D eigenvalue weighted by atomic mass is 10.0. The maximum Gasteiger partial charge on any atom is 0.251 e. The first kappa shape index (κ1) is 22.8. The number of hydrogen-bond donors (Lipinski definition) is 1. The smallest absolute Gasteiger partial charge is 0.251 e. The molecule has 4 rings (SSSR count).